The molecule has 0 N–H and O–H groups in total. The van der Waals surface area contributed by atoms with Crippen LogP contribution in [0.15, 0.2) is 72.0 Å². The van der Waals surface area contributed by atoms with E-state index in [0.717, 1.165) is 37.0 Å². The number of ketones is 1. The summed E-state index contributed by atoms with van der Waals surface area (Å²) in [5.74, 6) is 1.97. The minimum Gasteiger partial charge on any atom is -0.497 e. The molecule has 1 saturated heterocycles. The molecular formula is C23H24N4O2S. The fourth-order valence-corrected chi connectivity index (χ4v) is 4.19. The van der Waals surface area contributed by atoms with E-state index in [-0.39, 0.29) is 5.78 Å². The van der Waals surface area contributed by atoms with Gasteiger partial charge in [-0.15, -0.1) is 0 Å². The van der Waals surface area contributed by atoms with Crippen molar-refractivity contribution in [1.82, 2.24) is 9.97 Å². The molecule has 0 bridgehead atoms. The number of hydrogen-bond acceptors (Lipinski definition) is 7. The summed E-state index contributed by atoms with van der Waals surface area (Å²) in [7, 11) is 1.60. The number of rotatable bonds is 7. The van der Waals surface area contributed by atoms with Gasteiger partial charge in [0.05, 0.1) is 12.9 Å². The normalized spacial score (nSPS) is 13.9. The van der Waals surface area contributed by atoms with Gasteiger partial charge in [-0.1, -0.05) is 42.1 Å². The first-order valence-corrected chi connectivity index (χ1v) is 10.9. The second-order valence-corrected chi connectivity index (χ2v) is 7.96. The molecule has 6 nitrogen and oxygen atoms in total. The zero-order chi connectivity index (χ0) is 20.8. The fourth-order valence-electron chi connectivity index (χ4n) is 3.43. The average Bonchev–Trinajstić information content (AvgIpc) is 2.83. The fraction of sp³-hybridized carbons (Fsp3) is 0.261. The van der Waals surface area contributed by atoms with E-state index in [1.807, 2.05) is 30.3 Å². The highest BCUT2D eigenvalue weighted by atomic mass is 32.2. The lowest BCUT2D eigenvalue weighted by Gasteiger charge is -2.36. The summed E-state index contributed by atoms with van der Waals surface area (Å²) in [5.41, 5.74) is 1.90. The van der Waals surface area contributed by atoms with Gasteiger partial charge in [0.1, 0.15) is 22.9 Å². The maximum Gasteiger partial charge on any atom is 0.173 e. The Balaban J connectivity index is 1.34. The third-order valence-electron chi connectivity index (χ3n) is 5.10. The highest BCUT2D eigenvalue weighted by molar-refractivity contribution is 7.99. The quantitative estimate of drug-likeness (QED) is 0.327. The highest BCUT2D eigenvalue weighted by Gasteiger charge is 2.19. The van der Waals surface area contributed by atoms with Crippen molar-refractivity contribution in [2.75, 3.05) is 48.8 Å². The van der Waals surface area contributed by atoms with Crippen LogP contribution in [-0.4, -0.2) is 54.8 Å². The topological polar surface area (TPSA) is 58.6 Å². The average molecular weight is 421 g/mol. The largest absolute Gasteiger partial charge is 0.497 e. The first kappa shape index (κ1) is 20.2. The lowest BCUT2D eigenvalue weighted by Crippen LogP contribution is -2.46. The second-order valence-electron chi connectivity index (χ2n) is 6.97. The molecule has 4 rings (SSSR count). The number of Topliss-reactive ketones (excluding diaryl/α,β-unsaturated/α-hetero) is 1. The predicted molar refractivity (Wildman–Crippen MR) is 121 cm³/mol. The first-order chi connectivity index (χ1) is 14.7. The zero-order valence-electron chi connectivity index (χ0n) is 16.9. The van der Waals surface area contributed by atoms with Gasteiger partial charge in [-0.2, -0.15) is 0 Å². The lowest BCUT2D eigenvalue weighted by atomic mass is 10.1. The van der Waals surface area contributed by atoms with Gasteiger partial charge in [-0.05, 0) is 24.3 Å². The molecule has 7 heteroatoms. The summed E-state index contributed by atoms with van der Waals surface area (Å²) in [4.78, 5) is 26.0. The van der Waals surface area contributed by atoms with E-state index in [1.165, 1.54) is 17.4 Å². The van der Waals surface area contributed by atoms with Crippen molar-refractivity contribution in [3.63, 3.8) is 0 Å². The van der Waals surface area contributed by atoms with Gasteiger partial charge in [-0.3, -0.25) is 4.79 Å². The molecule has 0 unspecified atom stereocenters. The third-order valence-corrected chi connectivity index (χ3v) is 6.02. The molecule has 1 aromatic heterocycles. The van der Waals surface area contributed by atoms with Crippen LogP contribution in [0.1, 0.15) is 10.4 Å². The van der Waals surface area contributed by atoms with Crippen molar-refractivity contribution < 1.29 is 9.53 Å². The van der Waals surface area contributed by atoms with E-state index >= 15 is 0 Å². The summed E-state index contributed by atoms with van der Waals surface area (Å²) in [6.45, 7) is 3.70. The van der Waals surface area contributed by atoms with Crippen molar-refractivity contribution >= 4 is 29.1 Å². The number of carbonyl (C=O) groups is 1. The van der Waals surface area contributed by atoms with Gasteiger partial charge in [0.15, 0.2) is 5.78 Å². The number of para-hydroxylation sites is 1. The standard InChI is InChI=1S/C23H24N4O2S/c1-29-20-9-5-6-18(14-20)21(28)16-30-23-15-22(24-17-25-23)27-12-10-26(11-13-27)19-7-3-2-4-8-19/h2-9,14-15,17H,10-13,16H2,1H3. The van der Waals surface area contributed by atoms with E-state index in [2.05, 4.69) is 44.0 Å². The van der Waals surface area contributed by atoms with Crippen LogP contribution in [0.25, 0.3) is 0 Å². The van der Waals surface area contributed by atoms with E-state index in [9.17, 15) is 4.79 Å². The van der Waals surface area contributed by atoms with Crippen LogP contribution in [0, 0.1) is 0 Å². The second kappa shape index (κ2) is 9.63. The van der Waals surface area contributed by atoms with Gasteiger partial charge < -0.3 is 14.5 Å². The number of piperazine rings is 1. The first-order valence-electron chi connectivity index (χ1n) is 9.90. The smallest absolute Gasteiger partial charge is 0.173 e. The van der Waals surface area contributed by atoms with E-state index in [4.69, 9.17) is 4.74 Å². The lowest BCUT2D eigenvalue weighted by molar-refractivity contribution is 0.102. The van der Waals surface area contributed by atoms with Crippen molar-refractivity contribution in [3.8, 4) is 5.75 Å². The number of methoxy groups -OCH3 is 1. The number of thioether (sulfide) groups is 1. The SMILES string of the molecule is COc1cccc(C(=O)CSc2cc(N3CCN(c4ccccc4)CC3)ncn2)c1. The molecule has 0 amide bonds. The minimum atomic E-state index is 0.0514. The number of hydrogen-bond donors (Lipinski definition) is 0. The van der Waals surface area contributed by atoms with Crippen LogP contribution >= 0.6 is 11.8 Å². The monoisotopic (exact) mass is 420 g/mol. The Labute approximate surface area is 180 Å². The Kier molecular flexibility index (Phi) is 6.49. The summed E-state index contributed by atoms with van der Waals surface area (Å²) < 4.78 is 5.20. The summed E-state index contributed by atoms with van der Waals surface area (Å²) in [6.07, 6.45) is 1.58. The Morgan fingerprint density at radius 2 is 1.73 bits per heavy atom. The van der Waals surface area contributed by atoms with Gasteiger partial charge >= 0.3 is 0 Å². The van der Waals surface area contributed by atoms with Gasteiger partial charge in [-0.25, -0.2) is 9.97 Å². The molecule has 0 atom stereocenters. The molecule has 0 saturated carbocycles. The minimum absolute atomic E-state index is 0.0514. The summed E-state index contributed by atoms with van der Waals surface area (Å²) in [5, 5.41) is 0.807. The van der Waals surface area contributed by atoms with E-state index in [0.29, 0.717) is 17.1 Å². The van der Waals surface area contributed by atoms with Gasteiger partial charge in [0.25, 0.3) is 0 Å². The number of anilines is 2. The summed E-state index contributed by atoms with van der Waals surface area (Å²) in [6, 6.07) is 19.7. The van der Waals surface area contributed by atoms with Crippen molar-refractivity contribution in [1.29, 1.82) is 0 Å². The maximum atomic E-state index is 12.5. The highest BCUT2D eigenvalue weighted by Crippen LogP contribution is 2.23. The number of aromatic nitrogens is 2. The number of carbonyl (C=O) groups excluding carboxylic acids is 1. The molecule has 154 valence electrons. The van der Waals surface area contributed by atoms with Crippen LogP contribution in [-0.2, 0) is 0 Å². The van der Waals surface area contributed by atoms with Crippen LogP contribution in [0.5, 0.6) is 5.75 Å². The van der Waals surface area contributed by atoms with Crippen molar-refractivity contribution in [2.24, 2.45) is 0 Å². The molecule has 1 fully saturated rings. The molecule has 2 aromatic carbocycles. The van der Waals surface area contributed by atoms with Crippen LogP contribution in [0.4, 0.5) is 11.5 Å². The molecule has 1 aliphatic rings. The molecule has 3 aromatic rings. The van der Waals surface area contributed by atoms with Crippen LogP contribution < -0.4 is 14.5 Å². The summed E-state index contributed by atoms with van der Waals surface area (Å²) >= 11 is 1.43. The Morgan fingerprint density at radius 1 is 0.967 bits per heavy atom. The number of nitrogens with zero attached hydrogens (tertiary/aromatic N) is 4. The van der Waals surface area contributed by atoms with Crippen LogP contribution in [0.3, 0.4) is 0 Å². The van der Waals surface area contributed by atoms with E-state index < -0.39 is 0 Å². The number of benzene rings is 2. The Bertz CT molecular complexity index is 991. The van der Waals surface area contributed by atoms with Crippen molar-refractivity contribution in [3.05, 3.63) is 72.6 Å². The molecule has 2 heterocycles. The molecule has 0 spiro atoms. The molecule has 1 aliphatic heterocycles. The zero-order valence-corrected chi connectivity index (χ0v) is 17.7. The Morgan fingerprint density at radius 3 is 2.50 bits per heavy atom. The van der Waals surface area contributed by atoms with Gasteiger partial charge in [0.2, 0.25) is 0 Å². The predicted octanol–water partition coefficient (Wildman–Crippen LogP) is 3.79. The maximum absolute atomic E-state index is 12.5. The van der Waals surface area contributed by atoms with Gasteiger partial charge in [0, 0.05) is 43.5 Å². The molecule has 30 heavy (non-hydrogen) atoms. The van der Waals surface area contributed by atoms with Crippen LogP contribution in [0.2, 0.25) is 0 Å². The van der Waals surface area contributed by atoms with Crippen molar-refractivity contribution in [2.45, 2.75) is 5.03 Å². The van der Waals surface area contributed by atoms with E-state index in [1.54, 1.807) is 19.5 Å². The number of ether oxygens (including phenoxy) is 1. The Hall–Kier alpha value is -3.06. The third kappa shape index (κ3) is 4.91. The molecular weight excluding hydrogens is 396 g/mol. The molecule has 0 aliphatic carbocycles. The molecule has 0 radical (unpaired) electrons.